The van der Waals surface area contributed by atoms with Crippen molar-refractivity contribution in [2.24, 2.45) is 5.92 Å². The average molecular weight is 386 g/mol. The zero-order valence-electron chi connectivity index (χ0n) is 15.1. The third-order valence-electron chi connectivity index (χ3n) is 4.15. The number of nitrogens with one attached hydrogen (secondary N) is 1. The van der Waals surface area contributed by atoms with E-state index in [0.717, 1.165) is 15.8 Å². The lowest BCUT2D eigenvalue weighted by Gasteiger charge is -2.31. The van der Waals surface area contributed by atoms with Gasteiger partial charge in [0, 0.05) is 37.5 Å². The number of likely N-dealkylation sites (tertiary alicyclic amines) is 1. The number of aromatic nitrogens is 1. The second kappa shape index (κ2) is 10.1. The number of methoxy groups -OCH3 is 1. The number of piperidine rings is 1. The van der Waals surface area contributed by atoms with Crippen LogP contribution in [-0.2, 0) is 20.7 Å². The molecule has 0 saturated carbocycles. The van der Waals surface area contributed by atoms with Crippen molar-refractivity contribution in [3.05, 3.63) is 11.1 Å². The molecule has 1 atom stereocenters. The first-order chi connectivity index (χ1) is 12.0. The predicted octanol–water partition coefficient (Wildman–Crippen LogP) is 2.19. The Labute approximate surface area is 157 Å². The summed E-state index contributed by atoms with van der Waals surface area (Å²) in [6.45, 7) is 5.80. The maximum absolute atomic E-state index is 12.4. The van der Waals surface area contributed by atoms with E-state index in [-0.39, 0.29) is 23.8 Å². The molecule has 0 aromatic carbocycles. The molecule has 2 heterocycles. The van der Waals surface area contributed by atoms with Gasteiger partial charge in [0.25, 0.3) is 0 Å². The number of amides is 2. The molecule has 0 aliphatic carbocycles. The van der Waals surface area contributed by atoms with E-state index >= 15 is 0 Å². The fourth-order valence-corrected chi connectivity index (χ4v) is 4.61. The van der Waals surface area contributed by atoms with Crippen molar-refractivity contribution >= 4 is 34.9 Å². The smallest absolute Gasteiger partial charge is 0.228 e. The summed E-state index contributed by atoms with van der Waals surface area (Å²) in [6.07, 6.45) is 1.78. The molecular formula is C17H27N3O3S2. The molecule has 1 saturated heterocycles. The van der Waals surface area contributed by atoms with Crippen molar-refractivity contribution in [1.29, 1.82) is 0 Å². The molecule has 0 spiro atoms. The molecular weight excluding hydrogens is 358 g/mol. The van der Waals surface area contributed by atoms with E-state index < -0.39 is 0 Å². The van der Waals surface area contributed by atoms with Crippen LogP contribution in [0.2, 0.25) is 0 Å². The van der Waals surface area contributed by atoms with Gasteiger partial charge in [-0.2, -0.15) is 0 Å². The quantitative estimate of drug-likeness (QED) is 0.695. The summed E-state index contributed by atoms with van der Waals surface area (Å²) in [4.78, 5) is 31.0. The van der Waals surface area contributed by atoms with Crippen molar-refractivity contribution < 1.29 is 14.3 Å². The van der Waals surface area contributed by atoms with Gasteiger partial charge >= 0.3 is 0 Å². The van der Waals surface area contributed by atoms with Crippen molar-refractivity contribution in [1.82, 2.24) is 15.2 Å². The Hall–Kier alpha value is -1.12. The Morgan fingerprint density at radius 1 is 1.48 bits per heavy atom. The van der Waals surface area contributed by atoms with E-state index in [4.69, 9.17) is 4.74 Å². The highest BCUT2D eigenvalue weighted by molar-refractivity contribution is 8.00. The summed E-state index contributed by atoms with van der Waals surface area (Å²) < 4.78 is 6.06. The van der Waals surface area contributed by atoms with Crippen LogP contribution in [0.25, 0.3) is 0 Å². The molecule has 1 aliphatic heterocycles. The zero-order chi connectivity index (χ0) is 18.2. The van der Waals surface area contributed by atoms with Crippen LogP contribution < -0.4 is 5.32 Å². The van der Waals surface area contributed by atoms with Crippen LogP contribution in [0, 0.1) is 5.92 Å². The minimum absolute atomic E-state index is 0.0111. The Morgan fingerprint density at radius 2 is 2.20 bits per heavy atom. The lowest BCUT2D eigenvalue weighted by molar-refractivity contribution is -0.135. The standard InChI is InChI=1S/C17H27N3O3S2/c1-4-24-17-19-14(11-25-17)9-15(21)20-7-5-13(6-8-20)16(22)18-12(2)10-23-3/h11-13H,4-10H2,1-3H3,(H,18,22)/t12-/m0/s1. The van der Waals surface area contributed by atoms with Crippen molar-refractivity contribution in [3.63, 3.8) is 0 Å². The van der Waals surface area contributed by atoms with Crippen LogP contribution in [0.5, 0.6) is 0 Å². The molecule has 2 rings (SSSR count). The van der Waals surface area contributed by atoms with Gasteiger partial charge in [0.05, 0.1) is 18.7 Å². The number of thiazole rings is 1. The topological polar surface area (TPSA) is 71.5 Å². The van der Waals surface area contributed by atoms with Crippen LogP contribution in [0.4, 0.5) is 0 Å². The first-order valence-corrected chi connectivity index (χ1v) is 10.5. The van der Waals surface area contributed by atoms with Gasteiger partial charge < -0.3 is 15.0 Å². The Bertz CT molecular complexity index is 571. The normalized spacial score (nSPS) is 16.7. The van der Waals surface area contributed by atoms with Crippen molar-refractivity contribution in [3.8, 4) is 0 Å². The van der Waals surface area contributed by atoms with Gasteiger partial charge in [-0.15, -0.1) is 11.3 Å². The van der Waals surface area contributed by atoms with E-state index in [1.807, 2.05) is 17.2 Å². The Kier molecular flexibility index (Phi) is 8.18. The Morgan fingerprint density at radius 3 is 2.84 bits per heavy atom. The monoisotopic (exact) mass is 385 g/mol. The molecule has 140 valence electrons. The number of thioether (sulfide) groups is 1. The number of carbonyl (C=O) groups excluding carboxylic acids is 2. The molecule has 1 aromatic rings. The molecule has 1 aliphatic rings. The maximum atomic E-state index is 12.4. The minimum Gasteiger partial charge on any atom is -0.383 e. The second-order valence-corrected chi connectivity index (χ2v) is 8.60. The number of hydrogen-bond donors (Lipinski definition) is 1. The van der Waals surface area contributed by atoms with Gasteiger partial charge in [-0.3, -0.25) is 9.59 Å². The van der Waals surface area contributed by atoms with Crippen LogP contribution in [0.1, 0.15) is 32.4 Å². The summed E-state index contributed by atoms with van der Waals surface area (Å²) in [5.41, 5.74) is 0.846. The average Bonchev–Trinajstić information content (AvgIpc) is 3.02. The summed E-state index contributed by atoms with van der Waals surface area (Å²) in [5.74, 6) is 1.14. The van der Waals surface area contributed by atoms with Gasteiger partial charge in [-0.1, -0.05) is 18.7 Å². The number of nitrogens with zero attached hydrogens (tertiary/aromatic N) is 2. The number of hydrogen-bond acceptors (Lipinski definition) is 6. The lowest BCUT2D eigenvalue weighted by Crippen LogP contribution is -2.46. The predicted molar refractivity (Wildman–Crippen MR) is 101 cm³/mol. The van der Waals surface area contributed by atoms with Gasteiger partial charge in [-0.05, 0) is 25.5 Å². The Balaban J connectivity index is 1.76. The first-order valence-electron chi connectivity index (χ1n) is 8.67. The van der Waals surface area contributed by atoms with Crippen LogP contribution in [0.3, 0.4) is 0 Å². The molecule has 6 nitrogen and oxygen atoms in total. The van der Waals surface area contributed by atoms with E-state index in [1.165, 1.54) is 0 Å². The van der Waals surface area contributed by atoms with Crippen LogP contribution in [0.15, 0.2) is 9.72 Å². The highest BCUT2D eigenvalue weighted by Crippen LogP contribution is 2.23. The lowest BCUT2D eigenvalue weighted by atomic mass is 9.95. The van der Waals surface area contributed by atoms with Gasteiger partial charge in [0.1, 0.15) is 4.34 Å². The third-order valence-corrected chi connectivity index (χ3v) is 6.11. The molecule has 2 amide bonds. The van der Waals surface area contributed by atoms with E-state index in [0.29, 0.717) is 39.0 Å². The number of rotatable bonds is 8. The number of ether oxygens (including phenoxy) is 1. The van der Waals surface area contributed by atoms with Crippen LogP contribution in [-0.4, -0.2) is 60.3 Å². The molecule has 0 radical (unpaired) electrons. The highest BCUT2D eigenvalue weighted by Gasteiger charge is 2.28. The third kappa shape index (κ3) is 6.27. The van der Waals surface area contributed by atoms with Crippen molar-refractivity contribution in [2.45, 2.75) is 43.5 Å². The molecule has 8 heteroatoms. The van der Waals surface area contributed by atoms with E-state index in [1.54, 1.807) is 30.2 Å². The SMILES string of the molecule is CCSc1nc(CC(=O)N2CCC(C(=O)N[C@@H](C)COC)CC2)cs1. The van der Waals surface area contributed by atoms with E-state index in [2.05, 4.69) is 17.2 Å². The molecule has 25 heavy (non-hydrogen) atoms. The molecule has 0 bridgehead atoms. The number of carbonyl (C=O) groups is 2. The summed E-state index contributed by atoms with van der Waals surface area (Å²) in [5, 5.41) is 4.94. The zero-order valence-corrected chi connectivity index (χ0v) is 16.8. The summed E-state index contributed by atoms with van der Waals surface area (Å²) in [6, 6.07) is 0.0111. The largest absolute Gasteiger partial charge is 0.383 e. The van der Waals surface area contributed by atoms with Gasteiger partial charge in [-0.25, -0.2) is 4.98 Å². The molecule has 1 aromatic heterocycles. The van der Waals surface area contributed by atoms with Crippen LogP contribution >= 0.6 is 23.1 Å². The fraction of sp³-hybridized carbons (Fsp3) is 0.706. The van der Waals surface area contributed by atoms with Gasteiger partial charge in [0.2, 0.25) is 11.8 Å². The van der Waals surface area contributed by atoms with Gasteiger partial charge in [0.15, 0.2) is 0 Å². The summed E-state index contributed by atoms with van der Waals surface area (Å²) in [7, 11) is 1.62. The molecule has 1 N–H and O–H groups in total. The maximum Gasteiger partial charge on any atom is 0.228 e. The second-order valence-electron chi connectivity index (χ2n) is 6.23. The first kappa shape index (κ1) is 20.2. The minimum atomic E-state index is -0.0183. The summed E-state index contributed by atoms with van der Waals surface area (Å²) >= 11 is 3.29. The van der Waals surface area contributed by atoms with E-state index in [9.17, 15) is 9.59 Å². The molecule has 1 fully saturated rings. The fourth-order valence-electron chi connectivity index (χ4n) is 2.87. The highest BCUT2D eigenvalue weighted by atomic mass is 32.2. The molecule has 0 unspecified atom stereocenters. The van der Waals surface area contributed by atoms with Crippen molar-refractivity contribution in [2.75, 3.05) is 32.6 Å².